The number of aliphatic carboxylic acids is 1. The molecule has 1 unspecified atom stereocenters. The highest BCUT2D eigenvalue weighted by atomic mass is 35.5. The van der Waals surface area contributed by atoms with E-state index in [1.807, 2.05) is 6.92 Å². The fourth-order valence-corrected chi connectivity index (χ4v) is 4.43. The summed E-state index contributed by atoms with van der Waals surface area (Å²) in [7, 11) is 0. The zero-order chi connectivity index (χ0) is 24.6. The van der Waals surface area contributed by atoms with Crippen LogP contribution in [0.4, 0.5) is 13.2 Å². The summed E-state index contributed by atoms with van der Waals surface area (Å²) in [4.78, 5) is 24.1. The lowest BCUT2D eigenvalue weighted by atomic mass is 9.83. The zero-order valence-corrected chi connectivity index (χ0v) is 19.0. The second-order valence-corrected chi connectivity index (χ2v) is 9.02. The number of carbonyl (C=O) groups is 2. The second kappa shape index (κ2) is 9.18. The summed E-state index contributed by atoms with van der Waals surface area (Å²) < 4.78 is 40.4. The van der Waals surface area contributed by atoms with E-state index in [1.165, 1.54) is 12.1 Å². The van der Waals surface area contributed by atoms with Gasteiger partial charge >= 0.3 is 12.1 Å². The summed E-state index contributed by atoms with van der Waals surface area (Å²) in [6, 6.07) is 9.79. The van der Waals surface area contributed by atoms with Crippen LogP contribution in [-0.4, -0.2) is 27.6 Å². The molecule has 0 bridgehead atoms. The lowest BCUT2D eigenvalue weighted by Gasteiger charge is -2.25. The molecular formula is C25H22ClF3N2O3. The van der Waals surface area contributed by atoms with Gasteiger partial charge in [-0.05, 0) is 55.7 Å². The summed E-state index contributed by atoms with van der Waals surface area (Å²) in [6.45, 7) is 2.12. The van der Waals surface area contributed by atoms with Gasteiger partial charge in [0.1, 0.15) is 0 Å². The first kappa shape index (κ1) is 23.9. The van der Waals surface area contributed by atoms with Gasteiger partial charge in [-0.15, -0.1) is 0 Å². The minimum atomic E-state index is -4.40. The van der Waals surface area contributed by atoms with Gasteiger partial charge in [0.05, 0.1) is 22.6 Å². The van der Waals surface area contributed by atoms with Crippen LogP contribution in [-0.2, 0) is 17.5 Å². The molecule has 0 radical (unpaired) electrons. The van der Waals surface area contributed by atoms with Gasteiger partial charge in [0.15, 0.2) is 0 Å². The topological polar surface area (TPSA) is 71.3 Å². The van der Waals surface area contributed by atoms with Gasteiger partial charge in [-0.25, -0.2) is 0 Å². The Morgan fingerprint density at radius 3 is 2.50 bits per heavy atom. The Labute approximate surface area is 198 Å². The predicted octanol–water partition coefficient (Wildman–Crippen LogP) is 5.90. The number of aromatic nitrogens is 1. The summed E-state index contributed by atoms with van der Waals surface area (Å²) >= 11 is 6.24. The fourth-order valence-electron chi connectivity index (χ4n) is 4.20. The van der Waals surface area contributed by atoms with Crippen molar-refractivity contribution in [2.45, 2.75) is 38.5 Å². The molecule has 2 aromatic carbocycles. The van der Waals surface area contributed by atoms with E-state index in [0.717, 1.165) is 23.1 Å². The molecule has 0 saturated heterocycles. The van der Waals surface area contributed by atoms with E-state index in [2.05, 4.69) is 5.32 Å². The molecule has 1 heterocycles. The molecule has 4 rings (SSSR count). The monoisotopic (exact) mass is 490 g/mol. The van der Waals surface area contributed by atoms with Crippen LogP contribution >= 0.6 is 11.6 Å². The molecule has 9 heteroatoms. The Bertz CT molecular complexity index is 1280. The summed E-state index contributed by atoms with van der Waals surface area (Å²) in [5.41, 5.74) is 1.91. The quantitative estimate of drug-likeness (QED) is 0.405. The number of nitrogens with one attached hydrogen (secondary N) is 1. The number of halogens is 4. The predicted molar refractivity (Wildman–Crippen MR) is 123 cm³/mol. The average molecular weight is 491 g/mol. The lowest BCUT2D eigenvalue weighted by molar-refractivity contribution is -0.140. The van der Waals surface area contributed by atoms with Crippen LogP contribution in [0, 0.1) is 5.92 Å². The Morgan fingerprint density at radius 2 is 1.88 bits per heavy atom. The van der Waals surface area contributed by atoms with Crippen LogP contribution in [0.5, 0.6) is 0 Å². The first-order valence-electron chi connectivity index (χ1n) is 10.7. The largest absolute Gasteiger partial charge is 0.481 e. The normalized spacial score (nSPS) is 16.6. The Balaban J connectivity index is 1.54. The maximum Gasteiger partial charge on any atom is 0.416 e. The molecule has 2 N–H and O–H groups in total. The lowest BCUT2D eigenvalue weighted by Crippen LogP contribution is -2.34. The number of amides is 1. The van der Waals surface area contributed by atoms with Crippen molar-refractivity contribution < 1.29 is 27.9 Å². The van der Waals surface area contributed by atoms with Crippen LogP contribution in [0.2, 0.25) is 5.02 Å². The number of carboxylic acid groups (broad SMARTS) is 1. The highest BCUT2D eigenvalue weighted by Gasteiger charge is 2.30. The third kappa shape index (κ3) is 5.12. The van der Waals surface area contributed by atoms with Crippen LogP contribution < -0.4 is 5.32 Å². The number of fused-ring (bicyclic) bond motifs is 1. The van der Waals surface area contributed by atoms with Crippen LogP contribution in [0.3, 0.4) is 0 Å². The number of nitrogens with zero attached hydrogens (tertiary/aromatic N) is 1. The third-order valence-corrected chi connectivity index (χ3v) is 6.10. The standard InChI is InChI=1S/C25H22ClF3N2O3/c1-14(8-16-9-18(10-16)24(33)34)30-23(32)21-12-20(26)11-17-6-7-31(22(17)21)13-15-2-4-19(5-3-15)25(27,28)29/h2-7,9,11-12,14,18H,8,10,13H2,1H3,(H,30,32)(H,33,34)/t14?,18-/m0/s1. The number of hydrogen-bond acceptors (Lipinski definition) is 2. The van der Waals surface area contributed by atoms with Crippen molar-refractivity contribution in [3.8, 4) is 0 Å². The van der Waals surface area contributed by atoms with Gasteiger partial charge < -0.3 is 15.0 Å². The number of carboxylic acids is 1. The molecule has 1 aliphatic rings. The molecule has 3 aromatic rings. The third-order valence-electron chi connectivity index (χ3n) is 5.89. The van der Waals surface area contributed by atoms with Gasteiger partial charge in [0.2, 0.25) is 0 Å². The van der Waals surface area contributed by atoms with E-state index in [9.17, 15) is 22.8 Å². The van der Waals surface area contributed by atoms with Gasteiger partial charge in [-0.3, -0.25) is 9.59 Å². The summed E-state index contributed by atoms with van der Waals surface area (Å²) in [5.74, 6) is -1.64. The molecular weight excluding hydrogens is 469 g/mol. The van der Waals surface area contributed by atoms with E-state index >= 15 is 0 Å². The minimum absolute atomic E-state index is 0.221. The smallest absolute Gasteiger partial charge is 0.416 e. The van der Waals surface area contributed by atoms with Gasteiger partial charge in [-0.2, -0.15) is 13.2 Å². The van der Waals surface area contributed by atoms with Crippen molar-refractivity contribution in [2.24, 2.45) is 5.92 Å². The Morgan fingerprint density at radius 1 is 1.21 bits per heavy atom. The van der Waals surface area contributed by atoms with Crippen molar-refractivity contribution in [1.82, 2.24) is 9.88 Å². The average Bonchev–Trinajstić information content (AvgIpc) is 3.11. The molecule has 1 amide bonds. The SMILES string of the molecule is CC(CC1=C[C@H](C(=O)O)C1)NC(=O)c1cc(Cl)cc2ccn(Cc3ccc(C(F)(F)F)cc3)c12. The molecule has 1 aliphatic carbocycles. The molecule has 34 heavy (non-hydrogen) atoms. The highest BCUT2D eigenvalue weighted by Crippen LogP contribution is 2.31. The summed E-state index contributed by atoms with van der Waals surface area (Å²) in [6.07, 6.45) is 0.0993. The number of alkyl halides is 3. The molecule has 0 spiro atoms. The number of rotatable bonds is 7. The molecule has 0 saturated carbocycles. The van der Waals surface area contributed by atoms with E-state index < -0.39 is 23.6 Å². The fraction of sp³-hybridized carbons (Fsp3) is 0.280. The van der Waals surface area contributed by atoms with Crippen molar-refractivity contribution >= 4 is 34.4 Å². The molecule has 2 atom stereocenters. The van der Waals surface area contributed by atoms with E-state index in [4.69, 9.17) is 16.7 Å². The van der Waals surface area contributed by atoms with Crippen LogP contribution in [0.15, 0.2) is 60.3 Å². The van der Waals surface area contributed by atoms with E-state index in [1.54, 1.807) is 35.0 Å². The van der Waals surface area contributed by atoms with E-state index in [0.29, 0.717) is 34.5 Å². The highest BCUT2D eigenvalue weighted by molar-refractivity contribution is 6.32. The maximum absolute atomic E-state index is 13.1. The van der Waals surface area contributed by atoms with Gasteiger partial charge in [-0.1, -0.05) is 35.4 Å². The summed E-state index contributed by atoms with van der Waals surface area (Å²) in [5, 5.41) is 13.1. The zero-order valence-electron chi connectivity index (χ0n) is 18.2. The first-order valence-corrected chi connectivity index (χ1v) is 11.1. The Kier molecular flexibility index (Phi) is 6.45. The number of benzene rings is 2. The van der Waals surface area contributed by atoms with Crippen LogP contribution in [0.25, 0.3) is 10.9 Å². The van der Waals surface area contributed by atoms with Gasteiger partial charge in [0.25, 0.3) is 5.91 Å². The van der Waals surface area contributed by atoms with E-state index in [-0.39, 0.29) is 18.5 Å². The van der Waals surface area contributed by atoms with Crippen molar-refractivity contribution in [2.75, 3.05) is 0 Å². The maximum atomic E-state index is 13.1. The molecule has 1 aromatic heterocycles. The molecule has 0 aliphatic heterocycles. The van der Waals surface area contributed by atoms with Crippen molar-refractivity contribution in [3.63, 3.8) is 0 Å². The molecule has 5 nitrogen and oxygen atoms in total. The number of hydrogen-bond donors (Lipinski definition) is 2. The minimum Gasteiger partial charge on any atom is -0.481 e. The van der Waals surface area contributed by atoms with Crippen molar-refractivity contribution in [3.05, 3.63) is 82.0 Å². The second-order valence-electron chi connectivity index (χ2n) is 8.58. The first-order chi connectivity index (χ1) is 16.0. The van der Waals surface area contributed by atoms with Crippen molar-refractivity contribution in [1.29, 1.82) is 0 Å². The van der Waals surface area contributed by atoms with Gasteiger partial charge in [0, 0.05) is 29.2 Å². The molecule has 178 valence electrons. The molecule has 0 fully saturated rings. The Hall–Kier alpha value is -3.26. The number of carbonyl (C=O) groups excluding carboxylic acids is 1. The van der Waals surface area contributed by atoms with Crippen LogP contribution in [0.1, 0.15) is 41.3 Å².